The van der Waals surface area contributed by atoms with Crippen LogP contribution in [0.25, 0.3) is 0 Å². The second kappa shape index (κ2) is 54.8. The van der Waals surface area contributed by atoms with Crippen molar-refractivity contribution < 1.29 is 258 Å². The molecule has 16 bridgehead atoms. The summed E-state index contributed by atoms with van der Waals surface area (Å²) in [5, 5.41) is 25.9. The molecule has 25 nitrogen and oxygen atoms in total. The summed E-state index contributed by atoms with van der Waals surface area (Å²) in [5.74, 6) is 0.822. The van der Waals surface area contributed by atoms with Crippen LogP contribution in [-0.2, 0) is 103 Å². The molecule has 17 aliphatic heterocycles. The Morgan fingerprint density at radius 1 is 0.430 bits per heavy atom. The molecule has 17 heterocycles. The molecule has 0 aromatic rings. The van der Waals surface area contributed by atoms with Gasteiger partial charge in [0.25, 0.3) is 6.47 Å². The van der Waals surface area contributed by atoms with Gasteiger partial charge in [0.2, 0.25) is 0 Å². The number of allylic oxidation sites excluding steroid dienone is 2. The van der Waals surface area contributed by atoms with E-state index in [1.54, 1.807) is 12.2 Å². The van der Waals surface area contributed by atoms with E-state index in [4.69, 9.17) is 85.0 Å². The maximum absolute atomic E-state index is 14.5. The number of Topliss-reactive ketones (excluding diaryl/α,β-unsaturated/α-hetero) is 2. The van der Waals surface area contributed by atoms with E-state index in [9.17, 15) is 29.1 Å². The number of carbonyl (C=O) groups excluding carboxylic acids is 6. The van der Waals surface area contributed by atoms with Crippen molar-refractivity contribution in [3.05, 3.63) is 72.9 Å². The predicted octanol–water partition coefficient (Wildman–Crippen LogP) is 14.9. The first-order valence-electron chi connectivity index (χ1n) is 53.8. The van der Waals surface area contributed by atoms with Crippen molar-refractivity contribution in [1.29, 1.82) is 0 Å². The quantitative estimate of drug-likeness (QED) is 0.0407. The second-order valence-corrected chi connectivity index (χ2v) is 69.2. The first kappa shape index (κ1) is 128. The molecule has 0 spiro atoms. The van der Waals surface area contributed by atoms with Gasteiger partial charge < -0.3 is 91.6 Å². The third kappa shape index (κ3) is 33.7. The number of hydrogen-bond donors (Lipinski definition) is 2. The van der Waals surface area contributed by atoms with E-state index in [0.717, 1.165) is 93.6 Å². The minimum atomic E-state index is -2.39. The number of cyclic esters (lactones) is 1. The van der Waals surface area contributed by atoms with Crippen LogP contribution in [0.1, 0.15) is 306 Å². The molecule has 17 rings (SSSR count). The number of esters is 1. The fraction of sp³-hybridized carbons (Fsp3) is 0.838. The van der Waals surface area contributed by atoms with Crippen molar-refractivity contribution in [3.8, 4) is 0 Å². The average Bonchev–Trinajstić information content (AvgIpc) is 1.62. The van der Waals surface area contributed by atoms with Crippen LogP contribution in [0.4, 0.5) is 0 Å². The van der Waals surface area contributed by atoms with Crippen LogP contribution >= 0.6 is 0 Å². The Bertz CT molecular complexity index is 4220. The van der Waals surface area contributed by atoms with Gasteiger partial charge in [-0.05, 0) is 252 Å². The van der Waals surface area contributed by atoms with Gasteiger partial charge in [-0.15, -0.1) is 0 Å². The molecule has 0 radical (unpaired) electrons. The summed E-state index contributed by atoms with van der Waals surface area (Å²) in [7, 11) is -8.52. The molecule has 0 aromatic carbocycles. The summed E-state index contributed by atoms with van der Waals surface area (Å²) in [4.78, 5) is 80.0. The van der Waals surface area contributed by atoms with Gasteiger partial charge in [0.05, 0.1) is 140 Å². The molecule has 0 amide bonds. The summed E-state index contributed by atoms with van der Waals surface area (Å²) in [6.45, 7) is 78.2. The molecule has 0 aromatic heterocycles. The van der Waals surface area contributed by atoms with E-state index in [1.807, 2.05) is 19.1 Å². The zero-order valence-electron chi connectivity index (χ0n) is 94.2. The number of ketones is 4. The Morgan fingerprint density at radius 3 is 1.14 bits per heavy atom. The SMILES string of the molecule is C=C1C[C@@H]2CCC(=O)/C=C/[C@H](O[Si](C)(C)C(C)(C)C)[C@@H]3OC4CC[C@H](CC(=O)C[C@@H]5[C@@H](C)[C@@H](C[C@H](O)CC)O[C@H]5C[C@H]5O[C@@H](CC[C@@H]1O2)C[C@@H](C)C5=C)O[C@@H]4[C@H](C)[C@@H]3O[Si](C)(C)C(C)(C)C.C=C1C[C@@H]2CCC(=O)/C=C/[C@H](O[Si](C)(C)C(C)(C)C)[C@@H]3OC4CC[C@H](CC(=O)C[C@@H]5[C@@H](C)[C@@H](C[C@H]6CCC(=O)O6)O[C@H]5C[C@H]5O[C@@H](CC[C@@H]1O2)C[C@@H](C)C5=C)O[C@@H]4[C@H](C)[C@@H]3O[Si](C)(C)C(C)(C)C.CO.O=CO[O-].[Cs+].[Cs+].[H-]. The van der Waals surface area contributed by atoms with E-state index < -0.39 is 63.8 Å². The molecule has 31 heteroatoms. The van der Waals surface area contributed by atoms with Crippen LogP contribution in [0.15, 0.2) is 72.9 Å². The molecular weight excluding hydrogens is 2110 g/mol. The van der Waals surface area contributed by atoms with Crippen LogP contribution in [0.2, 0.25) is 72.5 Å². The van der Waals surface area contributed by atoms with Gasteiger partial charge in [0, 0.05) is 83.2 Å². The molecule has 2 unspecified atom stereocenters. The van der Waals surface area contributed by atoms with Crippen LogP contribution in [0, 0.1) is 47.3 Å². The number of rotatable bonds is 14. The molecular formula is C111H188Cs2O25Si4. The van der Waals surface area contributed by atoms with E-state index in [0.29, 0.717) is 109 Å². The van der Waals surface area contributed by atoms with Gasteiger partial charge in [-0.25, -0.2) is 0 Å². The number of carbonyl (C=O) groups is 6. The Morgan fingerprint density at radius 2 is 0.782 bits per heavy atom. The zero-order chi connectivity index (χ0) is 104. The number of aliphatic hydroxyl groups excluding tert-OH is 2. The van der Waals surface area contributed by atoms with Gasteiger partial charge in [0.15, 0.2) is 44.8 Å². The van der Waals surface area contributed by atoms with Crippen LogP contribution in [0.3, 0.4) is 0 Å². The molecule has 0 aliphatic carbocycles. The van der Waals surface area contributed by atoms with Crippen molar-refractivity contribution in [2.75, 3.05) is 7.11 Å². The smallest absolute Gasteiger partial charge is 1.00 e. The van der Waals surface area contributed by atoms with Crippen molar-refractivity contribution in [1.82, 2.24) is 0 Å². The van der Waals surface area contributed by atoms with Crippen molar-refractivity contribution in [3.63, 3.8) is 0 Å². The summed E-state index contributed by atoms with van der Waals surface area (Å²) in [5.41, 5.74) is 4.33. The number of hydrogen-bond acceptors (Lipinski definition) is 25. The fourth-order valence-electron chi connectivity index (χ4n) is 22.6. The standard InChI is InChI=1S/C55H90O11Si2.C54H92O10Si2.CH2O3.CH4O.2Cs.H/c1-32-26-40-19-23-44-33(2)27-39(59-44)18-16-37(56)17-22-46(65-67(12,13)54(6,7)8)53-52(66-68(14,15)55(9,10)11)36(5)51-45(64-53)24-20-41(62-51)28-38(57)29-43-35(4)47(30-42-21-25-50(58)61-42)63-49(43)31-48(60-40)34(32)3;1-17-37(55)30-47-35(5)43-29-39(57)28-42-22-25-45-50(60-42)36(6)51(64-66(15,16)54(10,11)12)52(62-45)46(63-65(13,14)53(7,8)9)23-19-38(56)18-20-40-27-33(3)44(58-40)24-21-41-26-32(2)34(4)48(59-41)31-49(43)61-47;2-1-4-3;1-2;;;/h17,22,32,35-36,39-49,51-53H,2-3,16,18-21,23-31H2,1,4-15H3;19,23,32,35-37,40-52,55H,3-4,17-18,20-22,24-31H2,1-2,5-16H3;1,3H;2H,1H3;;;/q;;;;2*+1;-1/p-1/b22-17+;23-19+;;;;;/t32-,35-,36+,39+,40+,41-,42-,43-,44+,45?,46+,47-,48-,49+,51-,52+,53+;32-,35-,36+,37-,40+,41+,42-,43-,44+,45?,46+,47-,48-,49+,50-,51+,52+;;;;;/m11...../s1. The number of ether oxygens (including phenoxy) is 11. The minimum absolute atomic E-state index is 0. The number of aliphatic hydroxyl groups is 2. The largest absolute Gasteiger partial charge is 1.00 e. The molecule has 11 fully saturated rings. The minimum Gasteiger partial charge on any atom is -1.00 e. The van der Waals surface area contributed by atoms with Gasteiger partial charge >= 0.3 is 144 Å². The number of fused-ring (bicyclic) bond motifs is 4. The van der Waals surface area contributed by atoms with Crippen molar-refractivity contribution >= 4 is 68.8 Å². The maximum atomic E-state index is 14.5. The fourth-order valence-corrected chi connectivity index (χ4v) is 27.9. The summed E-state index contributed by atoms with van der Waals surface area (Å²) >= 11 is 0. The second-order valence-electron chi connectivity index (χ2n) is 50.2. The summed E-state index contributed by atoms with van der Waals surface area (Å²) in [6.07, 6.45) is 18.3. The first-order valence-corrected chi connectivity index (χ1v) is 65.4. The Kier molecular flexibility index (Phi) is 49.2. The van der Waals surface area contributed by atoms with Crippen LogP contribution in [0.5, 0.6) is 0 Å². The molecule has 17 aliphatic rings. The molecule has 2 N–H and O–H groups in total. The Labute approximate surface area is 978 Å². The van der Waals surface area contributed by atoms with Gasteiger partial charge in [-0.2, -0.15) is 0 Å². The van der Waals surface area contributed by atoms with Crippen molar-refractivity contribution in [2.24, 2.45) is 47.3 Å². The van der Waals surface area contributed by atoms with Gasteiger partial charge in [-0.1, -0.05) is 170 Å². The monoisotopic (exact) mass is 2300 g/mol. The molecule has 0 saturated carbocycles. The Hall–Kier alpha value is 0.351. The third-order valence-electron chi connectivity index (χ3n) is 35.9. The first-order chi connectivity index (χ1) is 65.3. The van der Waals surface area contributed by atoms with E-state index in [2.05, 4.69) is 208 Å². The molecule has 142 heavy (non-hydrogen) atoms. The summed E-state index contributed by atoms with van der Waals surface area (Å²) in [6, 6.07) is 0. The maximum Gasteiger partial charge on any atom is 1.00 e. The summed E-state index contributed by atoms with van der Waals surface area (Å²) < 4.78 is 104. The van der Waals surface area contributed by atoms with E-state index >= 15 is 0 Å². The third-order valence-corrected chi connectivity index (χ3v) is 53.8. The average molecular weight is 2300 g/mol. The van der Waals surface area contributed by atoms with Crippen molar-refractivity contribution in [2.45, 2.75) is 536 Å². The van der Waals surface area contributed by atoms with E-state index in [1.165, 1.54) is 0 Å². The Balaban J connectivity index is 0.000000361. The topological polar surface area (TPSA) is 314 Å². The molecule has 800 valence electrons. The van der Waals surface area contributed by atoms with Crippen LogP contribution < -0.4 is 143 Å². The molecule has 34 atom stereocenters. The predicted molar refractivity (Wildman–Crippen MR) is 554 cm³/mol. The van der Waals surface area contributed by atoms with Gasteiger partial charge in [0.1, 0.15) is 29.9 Å². The normalized spacial score (nSPS) is 38.7. The van der Waals surface area contributed by atoms with E-state index in [-0.39, 0.29) is 370 Å². The van der Waals surface area contributed by atoms with Gasteiger partial charge in [-0.3, -0.25) is 28.8 Å². The molecule has 11 saturated heterocycles. The van der Waals surface area contributed by atoms with Crippen LogP contribution in [-0.4, -0.2) is 245 Å². The zero-order valence-corrected chi connectivity index (χ0v) is 110.